The molecule has 3 aromatic rings. The number of hydrogen-bond donors (Lipinski definition) is 1. The molecule has 0 spiro atoms. The molecule has 2 aromatic carbocycles. The Labute approximate surface area is 185 Å². The van der Waals surface area contributed by atoms with Gasteiger partial charge in [0.05, 0.1) is 34.3 Å². The molecule has 0 bridgehead atoms. The van der Waals surface area contributed by atoms with Crippen LogP contribution in [0.4, 0.5) is 11.4 Å². The number of aliphatic hydroxyl groups is 1. The van der Waals surface area contributed by atoms with Crippen LogP contribution in [0, 0.1) is 20.2 Å². The molecular weight excluding hydrogens is 434 g/mol. The number of nitro groups is 2. The summed E-state index contributed by atoms with van der Waals surface area (Å²) >= 11 is 0. The van der Waals surface area contributed by atoms with E-state index in [1.165, 1.54) is 53.6 Å². The summed E-state index contributed by atoms with van der Waals surface area (Å²) in [4.78, 5) is 47.9. The van der Waals surface area contributed by atoms with Crippen LogP contribution in [0.1, 0.15) is 22.9 Å². The number of carbonyl (C=O) groups is 2. The fourth-order valence-corrected chi connectivity index (χ4v) is 3.66. The van der Waals surface area contributed by atoms with Crippen LogP contribution in [0.25, 0.3) is 5.76 Å². The van der Waals surface area contributed by atoms with Gasteiger partial charge in [-0.2, -0.15) is 0 Å². The molecule has 1 fully saturated rings. The fourth-order valence-electron chi connectivity index (χ4n) is 3.66. The lowest BCUT2D eigenvalue weighted by Crippen LogP contribution is -2.29. The maximum atomic E-state index is 13.0. The van der Waals surface area contributed by atoms with E-state index in [0.29, 0.717) is 11.3 Å². The summed E-state index contributed by atoms with van der Waals surface area (Å²) < 4.78 is 5.29. The number of furan rings is 1. The zero-order chi connectivity index (χ0) is 23.7. The highest BCUT2D eigenvalue weighted by atomic mass is 16.6. The van der Waals surface area contributed by atoms with Gasteiger partial charge < -0.3 is 14.4 Å². The number of amides is 1. The van der Waals surface area contributed by atoms with Crippen LogP contribution in [0.2, 0.25) is 0 Å². The maximum Gasteiger partial charge on any atom is 0.296 e. The Hall–Kier alpha value is -4.80. The predicted molar refractivity (Wildman–Crippen MR) is 113 cm³/mol. The maximum absolute atomic E-state index is 13.0. The molecule has 11 heteroatoms. The Morgan fingerprint density at radius 1 is 0.970 bits per heavy atom. The van der Waals surface area contributed by atoms with Gasteiger partial charge in [-0.3, -0.25) is 29.8 Å². The summed E-state index contributed by atoms with van der Waals surface area (Å²) in [5.41, 5.74) is -0.484. The van der Waals surface area contributed by atoms with Gasteiger partial charge in [-0.05, 0) is 29.8 Å². The molecule has 1 aliphatic rings. The lowest BCUT2D eigenvalue weighted by atomic mass is 9.95. The molecule has 4 rings (SSSR count). The number of carbonyl (C=O) groups excluding carboxylic acids is 2. The average Bonchev–Trinajstić information content (AvgIpc) is 3.41. The molecule has 1 aromatic heterocycles. The second-order valence-electron chi connectivity index (χ2n) is 7.16. The van der Waals surface area contributed by atoms with Gasteiger partial charge >= 0.3 is 0 Å². The van der Waals surface area contributed by atoms with E-state index < -0.39 is 33.3 Å². The standard InChI is InChI=1S/C22H15N3O8/c26-20(14-3-1-4-16(11-14)25(31)32)18-19(13-6-8-15(9-7-13)24(29)30)23(22(28)21(18)27)12-17-5-2-10-33-17/h1-11,19,26H,12H2. The summed E-state index contributed by atoms with van der Waals surface area (Å²) in [7, 11) is 0. The zero-order valence-electron chi connectivity index (χ0n) is 16.8. The van der Waals surface area contributed by atoms with E-state index in [1.54, 1.807) is 12.1 Å². The monoisotopic (exact) mass is 449 g/mol. The quantitative estimate of drug-likeness (QED) is 0.196. The molecule has 1 saturated heterocycles. The highest BCUT2D eigenvalue weighted by Crippen LogP contribution is 2.41. The molecule has 0 radical (unpaired) electrons. The van der Waals surface area contributed by atoms with Crippen LogP contribution >= 0.6 is 0 Å². The molecule has 1 aliphatic heterocycles. The number of likely N-dealkylation sites (tertiary alicyclic amines) is 1. The van der Waals surface area contributed by atoms with E-state index >= 15 is 0 Å². The summed E-state index contributed by atoms with van der Waals surface area (Å²) in [6.45, 7) is -0.106. The van der Waals surface area contributed by atoms with Crippen LogP contribution in [0.15, 0.2) is 76.9 Å². The topological polar surface area (TPSA) is 157 Å². The summed E-state index contributed by atoms with van der Waals surface area (Å²) in [5.74, 6) is -2.13. The molecule has 1 amide bonds. The summed E-state index contributed by atoms with van der Waals surface area (Å²) in [6, 6.07) is 12.3. The third-order valence-electron chi connectivity index (χ3n) is 5.20. The van der Waals surface area contributed by atoms with Gasteiger partial charge in [-0.25, -0.2) is 0 Å². The number of aliphatic hydroxyl groups excluding tert-OH is 1. The first-order valence-corrected chi connectivity index (χ1v) is 9.58. The Bertz CT molecular complexity index is 1300. The Morgan fingerprint density at radius 2 is 1.67 bits per heavy atom. The first-order valence-electron chi connectivity index (χ1n) is 9.58. The second kappa shape index (κ2) is 8.38. The minimum absolute atomic E-state index is 0.0212. The molecule has 11 nitrogen and oxygen atoms in total. The van der Waals surface area contributed by atoms with Gasteiger partial charge in [0, 0.05) is 29.8 Å². The van der Waals surface area contributed by atoms with E-state index in [9.17, 15) is 34.9 Å². The fraction of sp³-hybridized carbons (Fsp3) is 0.0909. The third-order valence-corrected chi connectivity index (χ3v) is 5.20. The molecule has 1 unspecified atom stereocenters. The smallest absolute Gasteiger partial charge is 0.296 e. The van der Waals surface area contributed by atoms with E-state index in [0.717, 1.165) is 6.07 Å². The molecule has 1 atom stereocenters. The molecule has 1 N–H and O–H groups in total. The Kier molecular flexibility index (Phi) is 5.44. The number of hydrogen-bond acceptors (Lipinski definition) is 8. The van der Waals surface area contributed by atoms with Crippen molar-refractivity contribution in [2.75, 3.05) is 0 Å². The number of nitrogens with zero attached hydrogens (tertiary/aromatic N) is 3. The van der Waals surface area contributed by atoms with Crippen molar-refractivity contribution in [1.29, 1.82) is 0 Å². The van der Waals surface area contributed by atoms with Crippen LogP contribution in [0.3, 0.4) is 0 Å². The van der Waals surface area contributed by atoms with Crippen LogP contribution in [0.5, 0.6) is 0 Å². The number of Topliss-reactive ketones (excluding diaryl/α,β-unsaturated/α-hetero) is 1. The van der Waals surface area contributed by atoms with Crippen molar-refractivity contribution in [3.63, 3.8) is 0 Å². The normalized spacial score (nSPS) is 17.3. The average molecular weight is 449 g/mol. The predicted octanol–water partition coefficient (Wildman–Crippen LogP) is 3.72. The van der Waals surface area contributed by atoms with Gasteiger partial charge in [0.15, 0.2) is 0 Å². The second-order valence-corrected chi connectivity index (χ2v) is 7.16. The molecule has 2 heterocycles. The van der Waals surface area contributed by atoms with Crippen LogP contribution in [-0.4, -0.2) is 31.5 Å². The van der Waals surface area contributed by atoms with Gasteiger partial charge in [0.1, 0.15) is 11.5 Å². The highest BCUT2D eigenvalue weighted by molar-refractivity contribution is 6.46. The summed E-state index contributed by atoms with van der Waals surface area (Å²) in [5, 5.41) is 33.1. The highest BCUT2D eigenvalue weighted by Gasteiger charge is 2.46. The van der Waals surface area contributed by atoms with Gasteiger partial charge in [0.25, 0.3) is 23.1 Å². The van der Waals surface area contributed by atoms with Crippen molar-refractivity contribution < 1.29 is 29.0 Å². The SMILES string of the molecule is O=C1C(=O)N(Cc2ccco2)C(c2ccc([N+](=O)[O-])cc2)C1=C(O)c1cccc([N+](=O)[O-])c1. The Balaban J connectivity index is 1.87. The number of nitro benzene ring substituents is 2. The van der Waals surface area contributed by atoms with E-state index in [4.69, 9.17) is 4.42 Å². The van der Waals surface area contributed by atoms with Crippen molar-refractivity contribution in [3.05, 3.63) is 110 Å². The molecule has 33 heavy (non-hydrogen) atoms. The van der Waals surface area contributed by atoms with Crippen molar-refractivity contribution in [3.8, 4) is 0 Å². The van der Waals surface area contributed by atoms with E-state index in [2.05, 4.69) is 0 Å². The summed E-state index contributed by atoms with van der Waals surface area (Å²) in [6.07, 6.45) is 1.40. The lowest BCUT2D eigenvalue weighted by Gasteiger charge is -2.24. The molecule has 0 saturated carbocycles. The van der Waals surface area contributed by atoms with E-state index in [1.807, 2.05) is 0 Å². The first-order chi connectivity index (χ1) is 15.8. The zero-order valence-corrected chi connectivity index (χ0v) is 16.8. The minimum atomic E-state index is -1.10. The van der Waals surface area contributed by atoms with E-state index in [-0.39, 0.29) is 29.1 Å². The van der Waals surface area contributed by atoms with Gasteiger partial charge in [-0.15, -0.1) is 0 Å². The lowest BCUT2D eigenvalue weighted by molar-refractivity contribution is -0.385. The molecule has 0 aliphatic carbocycles. The minimum Gasteiger partial charge on any atom is -0.507 e. The number of benzene rings is 2. The number of ketones is 1. The Morgan fingerprint density at radius 3 is 2.27 bits per heavy atom. The number of rotatable bonds is 6. The molecular formula is C22H15N3O8. The molecule has 166 valence electrons. The van der Waals surface area contributed by atoms with Crippen LogP contribution < -0.4 is 0 Å². The largest absolute Gasteiger partial charge is 0.507 e. The van der Waals surface area contributed by atoms with Gasteiger partial charge in [-0.1, -0.05) is 12.1 Å². The van der Waals surface area contributed by atoms with Crippen molar-refractivity contribution in [1.82, 2.24) is 4.90 Å². The number of non-ortho nitro benzene ring substituents is 2. The first kappa shape index (κ1) is 21.4. The van der Waals surface area contributed by atoms with Crippen molar-refractivity contribution in [2.45, 2.75) is 12.6 Å². The van der Waals surface area contributed by atoms with Gasteiger partial charge in [0.2, 0.25) is 0 Å². The van der Waals surface area contributed by atoms with Crippen LogP contribution in [-0.2, 0) is 16.1 Å². The van der Waals surface area contributed by atoms with Crippen molar-refractivity contribution >= 4 is 28.8 Å². The van der Waals surface area contributed by atoms with Crippen molar-refractivity contribution in [2.24, 2.45) is 0 Å². The third kappa shape index (κ3) is 3.94.